The van der Waals surface area contributed by atoms with E-state index in [-0.39, 0.29) is 21.1 Å². The first-order valence-corrected chi connectivity index (χ1v) is 7.81. The third-order valence-electron chi connectivity index (χ3n) is 0.183. The van der Waals surface area contributed by atoms with Crippen molar-refractivity contribution >= 4 is 33.1 Å². The summed E-state index contributed by atoms with van der Waals surface area (Å²) in [6, 6.07) is 0. The SMILES string of the molecule is O=C(O)C(=O)O.[CH3][Sn][CH3]. The third kappa shape index (κ3) is 18.2. The average molecular weight is 239 g/mol. The van der Waals surface area contributed by atoms with Crippen LogP contribution in [0.2, 0.25) is 9.88 Å². The summed E-state index contributed by atoms with van der Waals surface area (Å²) in [7, 11) is 0. The second-order valence-electron chi connectivity index (χ2n) is 1.11. The van der Waals surface area contributed by atoms with E-state index in [1.807, 2.05) is 0 Å². The van der Waals surface area contributed by atoms with E-state index in [1.165, 1.54) is 0 Å². The molecule has 0 aromatic heterocycles. The molecule has 52 valence electrons. The zero-order chi connectivity index (χ0) is 7.86. The molecule has 0 aromatic rings. The topological polar surface area (TPSA) is 74.6 Å². The third-order valence-corrected chi connectivity index (χ3v) is 0.183. The molecule has 0 unspecified atom stereocenters. The van der Waals surface area contributed by atoms with Gasteiger partial charge in [-0.05, 0) is 0 Å². The summed E-state index contributed by atoms with van der Waals surface area (Å²) in [5.41, 5.74) is 0. The number of carboxylic acids is 2. The van der Waals surface area contributed by atoms with Gasteiger partial charge in [0.25, 0.3) is 0 Å². The Morgan fingerprint density at radius 2 is 1.22 bits per heavy atom. The van der Waals surface area contributed by atoms with Crippen LogP contribution in [0.15, 0.2) is 0 Å². The summed E-state index contributed by atoms with van der Waals surface area (Å²) < 4.78 is 0. The summed E-state index contributed by atoms with van der Waals surface area (Å²) in [4.78, 5) is 22.8. The molecule has 2 radical (unpaired) electrons. The number of carbonyl (C=O) groups is 2. The minimum atomic E-state index is -1.82. The number of hydrogen-bond donors (Lipinski definition) is 2. The van der Waals surface area contributed by atoms with Crippen LogP contribution in [0.4, 0.5) is 0 Å². The molecular weight excluding hydrogens is 231 g/mol. The van der Waals surface area contributed by atoms with Crippen LogP contribution < -0.4 is 0 Å². The Morgan fingerprint density at radius 1 is 1.11 bits per heavy atom. The monoisotopic (exact) mass is 240 g/mol. The van der Waals surface area contributed by atoms with Crippen molar-refractivity contribution in [3.8, 4) is 0 Å². The summed E-state index contributed by atoms with van der Waals surface area (Å²) in [6.07, 6.45) is 0. The Morgan fingerprint density at radius 3 is 1.22 bits per heavy atom. The Hall–Kier alpha value is -0.261. The van der Waals surface area contributed by atoms with Crippen LogP contribution in [0.25, 0.3) is 0 Å². The molecule has 0 fully saturated rings. The van der Waals surface area contributed by atoms with Crippen LogP contribution in [0.5, 0.6) is 0 Å². The fourth-order valence-electron chi connectivity index (χ4n) is 0. The summed E-state index contributed by atoms with van der Waals surface area (Å²) in [6.45, 7) is 0. The molecule has 9 heavy (non-hydrogen) atoms. The molecule has 0 heterocycles. The molecule has 0 spiro atoms. The van der Waals surface area contributed by atoms with Crippen molar-refractivity contribution < 1.29 is 19.8 Å². The first-order chi connectivity index (χ1) is 4.06. The first-order valence-electron chi connectivity index (χ1n) is 2.11. The van der Waals surface area contributed by atoms with Gasteiger partial charge in [-0.25, -0.2) is 9.59 Å². The van der Waals surface area contributed by atoms with E-state index in [1.54, 1.807) is 0 Å². The van der Waals surface area contributed by atoms with E-state index >= 15 is 0 Å². The molecule has 5 heteroatoms. The number of rotatable bonds is 0. The van der Waals surface area contributed by atoms with E-state index in [4.69, 9.17) is 19.8 Å². The van der Waals surface area contributed by atoms with Crippen molar-refractivity contribution in [2.75, 3.05) is 0 Å². The van der Waals surface area contributed by atoms with Crippen molar-refractivity contribution in [2.45, 2.75) is 9.88 Å². The number of aliphatic carboxylic acids is 2. The van der Waals surface area contributed by atoms with Gasteiger partial charge in [0.1, 0.15) is 0 Å². The molecule has 0 bridgehead atoms. The van der Waals surface area contributed by atoms with Gasteiger partial charge in [0.2, 0.25) is 0 Å². The second-order valence-corrected chi connectivity index (χ2v) is 3.96. The molecule has 0 saturated heterocycles. The van der Waals surface area contributed by atoms with Crippen molar-refractivity contribution in [3.63, 3.8) is 0 Å². The molecule has 0 atom stereocenters. The molecule has 0 saturated carbocycles. The number of hydrogen-bond acceptors (Lipinski definition) is 2. The van der Waals surface area contributed by atoms with Crippen molar-refractivity contribution in [1.29, 1.82) is 0 Å². The van der Waals surface area contributed by atoms with Crippen molar-refractivity contribution in [3.05, 3.63) is 0 Å². The fourth-order valence-corrected chi connectivity index (χ4v) is 0. The van der Waals surface area contributed by atoms with E-state index in [2.05, 4.69) is 9.88 Å². The Labute approximate surface area is 63.1 Å². The fraction of sp³-hybridized carbons (Fsp3) is 0.500. The average Bonchev–Trinajstić information content (AvgIpc) is 1.68. The van der Waals surface area contributed by atoms with Gasteiger partial charge in [-0.1, -0.05) is 0 Å². The molecule has 0 aliphatic heterocycles. The zero-order valence-electron chi connectivity index (χ0n) is 5.21. The van der Waals surface area contributed by atoms with Crippen LogP contribution in [-0.2, 0) is 9.59 Å². The van der Waals surface area contributed by atoms with E-state index in [0.29, 0.717) is 0 Å². The van der Waals surface area contributed by atoms with E-state index < -0.39 is 11.9 Å². The summed E-state index contributed by atoms with van der Waals surface area (Å²) >= 11 is 0.230. The molecule has 0 rings (SSSR count). The van der Waals surface area contributed by atoms with Gasteiger partial charge < -0.3 is 10.2 Å². The summed E-state index contributed by atoms with van der Waals surface area (Å²) in [5, 5.41) is 14.8. The predicted octanol–water partition coefficient (Wildman–Crippen LogP) is -0.0576. The zero-order valence-corrected chi connectivity index (χ0v) is 8.07. The predicted molar refractivity (Wildman–Crippen MR) is 32.8 cm³/mol. The second kappa shape index (κ2) is 7.74. The Balaban J connectivity index is 0. The quantitative estimate of drug-likeness (QED) is 0.458. The van der Waals surface area contributed by atoms with Gasteiger partial charge in [0, 0.05) is 0 Å². The Kier molecular flexibility index (Phi) is 9.91. The maximum atomic E-state index is 9.10. The van der Waals surface area contributed by atoms with Gasteiger partial charge >= 0.3 is 43.0 Å². The van der Waals surface area contributed by atoms with Gasteiger partial charge in [0.15, 0.2) is 0 Å². The van der Waals surface area contributed by atoms with Gasteiger partial charge in [-0.3, -0.25) is 0 Å². The standard InChI is InChI=1S/C2H2O4.2CH3.Sn/c3-1(4)2(5)6;;;/h(H,3,4)(H,5,6);2*1H3;. The maximum absolute atomic E-state index is 9.10. The van der Waals surface area contributed by atoms with Gasteiger partial charge in [0.05, 0.1) is 0 Å². The van der Waals surface area contributed by atoms with Crippen LogP contribution in [0, 0.1) is 0 Å². The van der Waals surface area contributed by atoms with Crippen LogP contribution in [0.3, 0.4) is 0 Å². The molecule has 4 nitrogen and oxygen atoms in total. The minimum absolute atomic E-state index is 0.230. The van der Waals surface area contributed by atoms with Crippen molar-refractivity contribution in [2.24, 2.45) is 0 Å². The summed E-state index contributed by atoms with van der Waals surface area (Å²) in [5.74, 6) is -3.65. The molecule has 0 amide bonds. The van der Waals surface area contributed by atoms with E-state index in [0.717, 1.165) is 0 Å². The van der Waals surface area contributed by atoms with Gasteiger partial charge in [-0.2, -0.15) is 0 Å². The van der Waals surface area contributed by atoms with Crippen LogP contribution in [0.1, 0.15) is 0 Å². The van der Waals surface area contributed by atoms with Crippen LogP contribution in [-0.4, -0.2) is 43.3 Å². The van der Waals surface area contributed by atoms with Crippen LogP contribution >= 0.6 is 0 Å². The van der Waals surface area contributed by atoms with Gasteiger partial charge in [-0.15, -0.1) is 0 Å². The molecule has 0 aliphatic rings. The first kappa shape index (κ1) is 11.5. The number of carboxylic acid groups (broad SMARTS) is 2. The van der Waals surface area contributed by atoms with E-state index in [9.17, 15) is 0 Å². The molecule has 0 aromatic carbocycles. The Bertz CT molecular complexity index is 88.7. The normalized spacial score (nSPS) is 6.89. The molecular formula is C4H8O4Sn. The molecule has 0 aliphatic carbocycles. The van der Waals surface area contributed by atoms with Crippen molar-refractivity contribution in [1.82, 2.24) is 0 Å². The molecule has 2 N–H and O–H groups in total.